The van der Waals surface area contributed by atoms with E-state index in [0.717, 1.165) is 44.9 Å². The average Bonchev–Trinajstić information content (AvgIpc) is 3.33. The zero-order chi connectivity index (χ0) is 27.3. The normalized spacial score (nSPS) is 16.0. The Kier molecular flexibility index (Phi) is 18.5. The van der Waals surface area contributed by atoms with Crippen LogP contribution >= 0.6 is 0 Å². The van der Waals surface area contributed by atoms with Crippen LogP contribution in [-0.2, 0) is 28.6 Å². The highest BCUT2D eigenvalue weighted by molar-refractivity contribution is 5.76. The van der Waals surface area contributed by atoms with E-state index in [1.165, 1.54) is 37.0 Å². The van der Waals surface area contributed by atoms with Crippen molar-refractivity contribution < 1.29 is 33.4 Å². The van der Waals surface area contributed by atoms with Crippen molar-refractivity contribution in [3.63, 3.8) is 0 Å². The molecule has 0 N–H and O–H groups in total. The van der Waals surface area contributed by atoms with Gasteiger partial charge >= 0.3 is 18.0 Å². The molecule has 0 aromatic carbocycles. The van der Waals surface area contributed by atoms with E-state index < -0.39 is 18.0 Å². The van der Waals surface area contributed by atoms with Crippen molar-refractivity contribution in [1.82, 2.24) is 9.80 Å². The van der Waals surface area contributed by atoms with Crippen LogP contribution in [-0.4, -0.2) is 85.7 Å². The molecule has 0 radical (unpaired) electrons. The number of unbranched alkanes of at least 4 members (excludes halogenated alkanes) is 8. The topological polar surface area (TPSA) is 102 Å². The van der Waals surface area contributed by atoms with Gasteiger partial charge in [-0.3, -0.25) is 14.5 Å². The van der Waals surface area contributed by atoms with Crippen molar-refractivity contribution in [2.45, 2.75) is 116 Å². The van der Waals surface area contributed by atoms with Gasteiger partial charge in [-0.05, 0) is 25.7 Å². The Morgan fingerprint density at radius 1 is 0.919 bits per heavy atom. The van der Waals surface area contributed by atoms with Crippen molar-refractivity contribution >= 4 is 24.3 Å². The van der Waals surface area contributed by atoms with Crippen LogP contribution in [0.2, 0.25) is 0 Å². The molecule has 1 rings (SSSR count). The number of rotatable bonds is 21. The van der Waals surface area contributed by atoms with Crippen LogP contribution in [0.4, 0.5) is 4.79 Å². The molecule has 1 heterocycles. The SMILES string of the molecule is CCCCCCCCOC(=O)CN(CC=O)CC(=O)OC1CCN(C(=O)OC(CC)CCCCCC)C1. The van der Waals surface area contributed by atoms with Crippen molar-refractivity contribution in [2.24, 2.45) is 0 Å². The van der Waals surface area contributed by atoms with Gasteiger partial charge in [0.1, 0.15) is 18.5 Å². The molecule has 0 aromatic rings. The number of likely N-dealkylation sites (tertiary alicyclic amines) is 1. The highest BCUT2D eigenvalue weighted by atomic mass is 16.6. The Hall–Kier alpha value is -2.16. The van der Waals surface area contributed by atoms with Crippen molar-refractivity contribution in [2.75, 3.05) is 39.3 Å². The molecule has 2 atom stereocenters. The number of ether oxygens (including phenoxy) is 3. The van der Waals surface area contributed by atoms with Gasteiger partial charge < -0.3 is 23.9 Å². The quantitative estimate of drug-likeness (QED) is 0.0901. The minimum absolute atomic E-state index is 0.0685. The first-order chi connectivity index (χ1) is 17.9. The first-order valence-electron chi connectivity index (χ1n) is 14.4. The third-order valence-corrected chi connectivity index (χ3v) is 6.60. The van der Waals surface area contributed by atoms with Crippen LogP contribution in [0.1, 0.15) is 104 Å². The van der Waals surface area contributed by atoms with E-state index in [-0.39, 0.29) is 38.4 Å². The maximum Gasteiger partial charge on any atom is 0.410 e. The van der Waals surface area contributed by atoms with Gasteiger partial charge in [0.05, 0.1) is 32.8 Å². The molecule has 1 aliphatic rings. The minimum Gasteiger partial charge on any atom is -0.465 e. The first kappa shape index (κ1) is 32.9. The molecule has 1 amide bonds. The Balaban J connectivity index is 2.34. The Morgan fingerprint density at radius 2 is 1.57 bits per heavy atom. The summed E-state index contributed by atoms with van der Waals surface area (Å²) in [7, 11) is 0. The fourth-order valence-electron chi connectivity index (χ4n) is 4.35. The van der Waals surface area contributed by atoms with Crippen LogP contribution < -0.4 is 0 Å². The second-order valence-corrected chi connectivity index (χ2v) is 9.93. The maximum absolute atomic E-state index is 12.6. The lowest BCUT2D eigenvalue weighted by atomic mass is 10.1. The van der Waals surface area contributed by atoms with E-state index in [9.17, 15) is 19.2 Å². The second kappa shape index (κ2) is 20.8. The molecule has 1 fully saturated rings. The lowest BCUT2D eigenvalue weighted by Crippen LogP contribution is -2.39. The molecule has 0 spiro atoms. The van der Waals surface area contributed by atoms with E-state index >= 15 is 0 Å². The fraction of sp³-hybridized carbons (Fsp3) is 0.857. The number of aldehydes is 1. The van der Waals surface area contributed by atoms with Crippen molar-refractivity contribution in [3.05, 3.63) is 0 Å². The smallest absolute Gasteiger partial charge is 0.410 e. The van der Waals surface area contributed by atoms with E-state index in [4.69, 9.17) is 14.2 Å². The van der Waals surface area contributed by atoms with Gasteiger partial charge in [-0.25, -0.2) is 4.79 Å². The van der Waals surface area contributed by atoms with E-state index in [1.807, 2.05) is 6.92 Å². The first-order valence-corrected chi connectivity index (χ1v) is 14.4. The molecule has 0 bridgehead atoms. The number of carbonyl (C=O) groups is 4. The lowest BCUT2D eigenvalue weighted by Gasteiger charge is -2.22. The number of hydrogen-bond acceptors (Lipinski definition) is 8. The summed E-state index contributed by atoms with van der Waals surface area (Å²) in [5.74, 6) is -0.994. The Labute approximate surface area is 223 Å². The van der Waals surface area contributed by atoms with E-state index in [0.29, 0.717) is 25.9 Å². The monoisotopic (exact) mass is 526 g/mol. The number of carbonyl (C=O) groups excluding carboxylic acids is 4. The van der Waals surface area contributed by atoms with Gasteiger partial charge in [0.15, 0.2) is 0 Å². The van der Waals surface area contributed by atoms with Crippen LogP contribution in [0.25, 0.3) is 0 Å². The number of hydrogen-bond donors (Lipinski definition) is 0. The largest absolute Gasteiger partial charge is 0.465 e. The fourth-order valence-corrected chi connectivity index (χ4v) is 4.35. The zero-order valence-electron chi connectivity index (χ0n) is 23.4. The van der Waals surface area contributed by atoms with Gasteiger partial charge in [-0.1, -0.05) is 72.1 Å². The Morgan fingerprint density at radius 3 is 2.24 bits per heavy atom. The summed E-state index contributed by atoms with van der Waals surface area (Å²) in [6, 6.07) is 0. The number of esters is 2. The van der Waals surface area contributed by atoms with Crippen molar-refractivity contribution in [1.29, 1.82) is 0 Å². The van der Waals surface area contributed by atoms with Gasteiger partial charge in [0.2, 0.25) is 0 Å². The standard InChI is InChI=1S/C28H50N2O7/c1-4-7-9-11-12-14-20-35-26(32)22-29(18-19-31)23-27(33)36-25-16-17-30(21-25)28(34)37-24(6-3)15-13-10-8-5-2/h19,24-25H,4-18,20-23H2,1-3H3. The summed E-state index contributed by atoms with van der Waals surface area (Å²) in [6.45, 7) is 7.03. The Bertz CT molecular complexity index is 658. The molecule has 37 heavy (non-hydrogen) atoms. The van der Waals surface area contributed by atoms with Crippen LogP contribution in [0.15, 0.2) is 0 Å². The molecular weight excluding hydrogens is 476 g/mol. The molecule has 0 saturated carbocycles. The van der Waals surface area contributed by atoms with Crippen LogP contribution in [0, 0.1) is 0 Å². The molecular formula is C28H50N2O7. The third kappa shape index (κ3) is 15.6. The summed E-state index contributed by atoms with van der Waals surface area (Å²) in [4.78, 5) is 51.2. The predicted octanol–water partition coefficient (Wildman–Crippen LogP) is 4.89. The molecule has 214 valence electrons. The summed E-state index contributed by atoms with van der Waals surface area (Å²) < 4.78 is 16.4. The van der Waals surface area contributed by atoms with Crippen molar-refractivity contribution in [3.8, 4) is 0 Å². The van der Waals surface area contributed by atoms with Gasteiger partial charge in [0.25, 0.3) is 0 Å². The predicted molar refractivity (Wildman–Crippen MR) is 142 cm³/mol. The molecule has 9 heteroatoms. The number of nitrogens with zero attached hydrogens (tertiary/aromatic N) is 2. The summed E-state index contributed by atoms with van der Waals surface area (Å²) in [5, 5.41) is 0. The zero-order valence-corrected chi connectivity index (χ0v) is 23.4. The van der Waals surface area contributed by atoms with E-state index in [2.05, 4.69) is 13.8 Å². The second-order valence-electron chi connectivity index (χ2n) is 9.93. The molecule has 1 aliphatic heterocycles. The third-order valence-electron chi connectivity index (χ3n) is 6.60. The van der Waals surface area contributed by atoms with Crippen LogP contribution in [0.3, 0.4) is 0 Å². The lowest BCUT2D eigenvalue weighted by molar-refractivity contribution is -0.151. The summed E-state index contributed by atoms with van der Waals surface area (Å²) in [5.41, 5.74) is 0. The summed E-state index contributed by atoms with van der Waals surface area (Å²) >= 11 is 0. The minimum atomic E-state index is -0.534. The maximum atomic E-state index is 12.6. The van der Waals surface area contributed by atoms with Gasteiger partial charge in [0, 0.05) is 13.0 Å². The molecule has 0 aliphatic carbocycles. The molecule has 2 unspecified atom stereocenters. The molecule has 1 saturated heterocycles. The summed E-state index contributed by atoms with van der Waals surface area (Å²) in [6.07, 6.45) is 13.0. The van der Waals surface area contributed by atoms with Gasteiger partial charge in [-0.15, -0.1) is 0 Å². The average molecular weight is 527 g/mol. The highest BCUT2D eigenvalue weighted by Crippen LogP contribution is 2.18. The van der Waals surface area contributed by atoms with E-state index in [1.54, 1.807) is 4.90 Å². The molecule has 9 nitrogen and oxygen atoms in total. The van der Waals surface area contributed by atoms with Crippen LogP contribution in [0.5, 0.6) is 0 Å². The number of amides is 1. The molecule has 0 aromatic heterocycles. The van der Waals surface area contributed by atoms with Gasteiger partial charge in [-0.2, -0.15) is 0 Å². The highest BCUT2D eigenvalue weighted by Gasteiger charge is 2.31.